The standard InChI is InChI=1S/C18H20N4O/c1-11(2)22-17-14(10-19-22)9-15(13(4)20-17)18(23)21-16-8-6-5-7-12(16)3/h5-11H,1-4H3,(H,21,23). The van der Waals surface area contributed by atoms with Crippen molar-refractivity contribution in [2.45, 2.75) is 33.7 Å². The third kappa shape index (κ3) is 2.82. The summed E-state index contributed by atoms with van der Waals surface area (Å²) in [5, 5.41) is 8.19. The molecule has 0 radical (unpaired) electrons. The SMILES string of the molecule is Cc1ccccc1NC(=O)c1cc2cnn(C(C)C)c2nc1C. The average molecular weight is 308 g/mol. The largest absolute Gasteiger partial charge is 0.322 e. The zero-order chi connectivity index (χ0) is 16.6. The van der Waals surface area contributed by atoms with Gasteiger partial charge >= 0.3 is 0 Å². The number of rotatable bonds is 3. The number of amides is 1. The van der Waals surface area contributed by atoms with Crippen LogP contribution in [-0.4, -0.2) is 20.7 Å². The van der Waals surface area contributed by atoms with Gasteiger partial charge in [-0.1, -0.05) is 18.2 Å². The summed E-state index contributed by atoms with van der Waals surface area (Å²) < 4.78 is 1.87. The number of nitrogens with one attached hydrogen (secondary N) is 1. The van der Waals surface area contributed by atoms with Gasteiger partial charge in [-0.25, -0.2) is 9.67 Å². The lowest BCUT2D eigenvalue weighted by atomic mass is 10.1. The van der Waals surface area contributed by atoms with Crippen molar-refractivity contribution in [1.29, 1.82) is 0 Å². The van der Waals surface area contributed by atoms with E-state index in [0.29, 0.717) is 11.3 Å². The number of para-hydroxylation sites is 1. The molecule has 118 valence electrons. The molecule has 2 heterocycles. The maximum atomic E-state index is 12.6. The minimum Gasteiger partial charge on any atom is -0.322 e. The van der Waals surface area contributed by atoms with Gasteiger partial charge in [0.25, 0.3) is 5.91 Å². The van der Waals surface area contributed by atoms with Crippen LogP contribution in [0.1, 0.15) is 41.5 Å². The second kappa shape index (κ2) is 5.83. The topological polar surface area (TPSA) is 59.8 Å². The molecule has 5 nitrogen and oxygen atoms in total. The number of fused-ring (bicyclic) bond motifs is 1. The fourth-order valence-electron chi connectivity index (χ4n) is 2.58. The summed E-state index contributed by atoms with van der Waals surface area (Å²) in [4.78, 5) is 17.2. The van der Waals surface area contributed by atoms with E-state index in [0.717, 1.165) is 22.3 Å². The zero-order valence-corrected chi connectivity index (χ0v) is 13.8. The van der Waals surface area contributed by atoms with Gasteiger partial charge in [0.05, 0.1) is 17.5 Å². The van der Waals surface area contributed by atoms with Crippen LogP contribution >= 0.6 is 0 Å². The van der Waals surface area contributed by atoms with Gasteiger partial charge in [0, 0.05) is 17.1 Å². The van der Waals surface area contributed by atoms with Crippen LogP contribution in [0.15, 0.2) is 36.5 Å². The van der Waals surface area contributed by atoms with E-state index in [1.54, 1.807) is 6.20 Å². The van der Waals surface area contributed by atoms with Gasteiger partial charge in [0.15, 0.2) is 5.65 Å². The van der Waals surface area contributed by atoms with Gasteiger partial charge in [0.1, 0.15) is 0 Å². The smallest absolute Gasteiger partial charge is 0.257 e. The third-order valence-corrected chi connectivity index (χ3v) is 3.89. The van der Waals surface area contributed by atoms with Crippen LogP contribution in [0.25, 0.3) is 11.0 Å². The molecule has 0 saturated heterocycles. The van der Waals surface area contributed by atoms with Crippen molar-refractivity contribution in [3.8, 4) is 0 Å². The monoisotopic (exact) mass is 308 g/mol. The molecular weight excluding hydrogens is 288 g/mol. The molecule has 2 aromatic heterocycles. The van der Waals surface area contributed by atoms with E-state index in [9.17, 15) is 4.79 Å². The Balaban J connectivity index is 1.98. The van der Waals surface area contributed by atoms with E-state index in [-0.39, 0.29) is 11.9 Å². The number of pyridine rings is 1. The van der Waals surface area contributed by atoms with Crippen LogP contribution in [0.5, 0.6) is 0 Å². The molecule has 1 amide bonds. The molecule has 0 bridgehead atoms. The normalized spacial score (nSPS) is 11.2. The van der Waals surface area contributed by atoms with Crippen molar-refractivity contribution in [3.05, 3.63) is 53.3 Å². The van der Waals surface area contributed by atoms with Crippen LogP contribution < -0.4 is 5.32 Å². The first-order valence-electron chi connectivity index (χ1n) is 7.69. The first-order valence-corrected chi connectivity index (χ1v) is 7.69. The molecule has 0 fully saturated rings. The highest BCUT2D eigenvalue weighted by molar-refractivity contribution is 6.06. The van der Waals surface area contributed by atoms with Crippen molar-refractivity contribution >= 4 is 22.6 Å². The van der Waals surface area contributed by atoms with Crippen molar-refractivity contribution in [1.82, 2.24) is 14.8 Å². The summed E-state index contributed by atoms with van der Waals surface area (Å²) in [5.74, 6) is -0.150. The van der Waals surface area contributed by atoms with E-state index in [1.807, 2.05) is 48.9 Å². The fraction of sp³-hybridized carbons (Fsp3) is 0.278. The number of carbonyl (C=O) groups excluding carboxylic acids is 1. The van der Waals surface area contributed by atoms with E-state index >= 15 is 0 Å². The van der Waals surface area contributed by atoms with E-state index in [1.165, 1.54) is 0 Å². The van der Waals surface area contributed by atoms with Crippen LogP contribution in [-0.2, 0) is 0 Å². The molecule has 0 aliphatic rings. The molecule has 0 aliphatic heterocycles. The Morgan fingerprint density at radius 1 is 1.22 bits per heavy atom. The molecule has 0 unspecified atom stereocenters. The molecule has 0 aliphatic carbocycles. The highest BCUT2D eigenvalue weighted by Gasteiger charge is 2.15. The Morgan fingerprint density at radius 3 is 2.65 bits per heavy atom. The number of hydrogen-bond acceptors (Lipinski definition) is 3. The molecule has 3 aromatic rings. The quantitative estimate of drug-likeness (QED) is 0.798. The predicted molar refractivity (Wildman–Crippen MR) is 91.8 cm³/mol. The number of carbonyl (C=O) groups is 1. The Kier molecular flexibility index (Phi) is 3.86. The molecule has 1 N–H and O–H groups in total. The van der Waals surface area contributed by atoms with Crippen molar-refractivity contribution < 1.29 is 4.79 Å². The lowest BCUT2D eigenvalue weighted by Crippen LogP contribution is -2.15. The molecule has 3 rings (SSSR count). The fourth-order valence-corrected chi connectivity index (χ4v) is 2.58. The van der Waals surface area contributed by atoms with Crippen LogP contribution in [0.3, 0.4) is 0 Å². The lowest BCUT2D eigenvalue weighted by Gasteiger charge is -2.11. The van der Waals surface area contributed by atoms with Crippen LogP contribution in [0.2, 0.25) is 0 Å². The summed E-state index contributed by atoms with van der Waals surface area (Å²) in [6.45, 7) is 7.94. The highest BCUT2D eigenvalue weighted by Crippen LogP contribution is 2.21. The van der Waals surface area contributed by atoms with Gasteiger partial charge < -0.3 is 5.32 Å². The first-order chi connectivity index (χ1) is 11.0. The van der Waals surface area contributed by atoms with Crippen LogP contribution in [0, 0.1) is 13.8 Å². The summed E-state index contributed by atoms with van der Waals surface area (Å²) >= 11 is 0. The summed E-state index contributed by atoms with van der Waals surface area (Å²) in [5.41, 5.74) is 3.93. The molecule has 1 aromatic carbocycles. The summed E-state index contributed by atoms with van der Waals surface area (Å²) in [6.07, 6.45) is 1.76. The summed E-state index contributed by atoms with van der Waals surface area (Å²) in [7, 11) is 0. The van der Waals surface area contributed by atoms with Gasteiger partial charge in [-0.3, -0.25) is 4.79 Å². The van der Waals surface area contributed by atoms with E-state index < -0.39 is 0 Å². The molecule has 0 spiro atoms. The third-order valence-electron chi connectivity index (χ3n) is 3.89. The van der Waals surface area contributed by atoms with E-state index in [2.05, 4.69) is 29.2 Å². The average Bonchev–Trinajstić information content (AvgIpc) is 2.91. The van der Waals surface area contributed by atoms with E-state index in [4.69, 9.17) is 0 Å². The number of aryl methyl sites for hydroxylation is 2. The van der Waals surface area contributed by atoms with Crippen LogP contribution in [0.4, 0.5) is 5.69 Å². The predicted octanol–water partition coefficient (Wildman–Crippen LogP) is 3.88. The molecule has 0 atom stereocenters. The highest BCUT2D eigenvalue weighted by atomic mass is 16.1. The van der Waals surface area contributed by atoms with Gasteiger partial charge in [0.2, 0.25) is 0 Å². The zero-order valence-electron chi connectivity index (χ0n) is 13.8. The van der Waals surface area contributed by atoms with Crippen molar-refractivity contribution in [3.63, 3.8) is 0 Å². The minimum absolute atomic E-state index is 0.150. The van der Waals surface area contributed by atoms with Gasteiger partial charge in [-0.2, -0.15) is 5.10 Å². The number of aromatic nitrogens is 3. The molecular formula is C18H20N4O. The number of hydrogen-bond donors (Lipinski definition) is 1. The minimum atomic E-state index is -0.150. The maximum absolute atomic E-state index is 12.6. The maximum Gasteiger partial charge on any atom is 0.257 e. The number of benzene rings is 1. The second-order valence-electron chi connectivity index (χ2n) is 5.99. The number of anilines is 1. The molecule has 5 heteroatoms. The molecule has 0 saturated carbocycles. The van der Waals surface area contributed by atoms with Crippen molar-refractivity contribution in [2.24, 2.45) is 0 Å². The Bertz CT molecular complexity index is 880. The Morgan fingerprint density at radius 2 is 1.96 bits per heavy atom. The Labute approximate surface area is 135 Å². The van der Waals surface area contributed by atoms with Gasteiger partial charge in [-0.05, 0) is 45.4 Å². The van der Waals surface area contributed by atoms with Crippen molar-refractivity contribution in [2.75, 3.05) is 5.32 Å². The number of nitrogens with zero attached hydrogens (tertiary/aromatic N) is 3. The first kappa shape index (κ1) is 15.2. The second-order valence-corrected chi connectivity index (χ2v) is 5.99. The lowest BCUT2D eigenvalue weighted by molar-refractivity contribution is 0.102. The molecule has 23 heavy (non-hydrogen) atoms. The summed E-state index contributed by atoms with van der Waals surface area (Å²) in [6, 6.07) is 9.80. The van der Waals surface area contributed by atoms with Gasteiger partial charge in [-0.15, -0.1) is 0 Å². The Hall–Kier alpha value is -2.69.